The van der Waals surface area contributed by atoms with Gasteiger partial charge in [0.1, 0.15) is 0 Å². The third kappa shape index (κ3) is 6.02. The van der Waals surface area contributed by atoms with Gasteiger partial charge in [-0.05, 0) is 66.8 Å². The summed E-state index contributed by atoms with van der Waals surface area (Å²) in [6.45, 7) is 3.33. The summed E-state index contributed by atoms with van der Waals surface area (Å²) in [5, 5.41) is 19.5. The SMILES string of the molecule is O=C(NCCc1ccc(Cl)cc1)NC1CCN(Cc2ccc(-c3nnc4n3-c3cccnc3Nc3ccccc3-4)cc2)CC1. The summed E-state index contributed by atoms with van der Waals surface area (Å²) >= 11 is 5.95. The average molecular weight is 605 g/mol. The van der Waals surface area contributed by atoms with E-state index in [-0.39, 0.29) is 12.1 Å². The Morgan fingerprint density at radius 2 is 1.64 bits per heavy atom. The molecule has 0 saturated carbocycles. The van der Waals surface area contributed by atoms with Crippen LogP contribution in [0.4, 0.5) is 16.3 Å². The van der Waals surface area contributed by atoms with E-state index in [1.54, 1.807) is 6.20 Å². The topological polar surface area (TPSA) is 100 Å². The number of amides is 2. The van der Waals surface area contributed by atoms with E-state index in [9.17, 15) is 4.79 Å². The molecule has 0 aliphatic carbocycles. The molecule has 2 amide bonds. The second-order valence-electron chi connectivity index (χ2n) is 11.2. The van der Waals surface area contributed by atoms with Crippen molar-refractivity contribution in [1.82, 2.24) is 35.3 Å². The van der Waals surface area contributed by atoms with Crippen LogP contribution in [0.5, 0.6) is 0 Å². The molecular formula is C34H33ClN8O. The molecule has 222 valence electrons. The summed E-state index contributed by atoms with van der Waals surface area (Å²) in [6, 6.07) is 28.4. The van der Waals surface area contributed by atoms with Crippen LogP contribution in [0.2, 0.25) is 5.02 Å². The van der Waals surface area contributed by atoms with Crippen LogP contribution < -0.4 is 16.0 Å². The Morgan fingerprint density at radius 1 is 0.886 bits per heavy atom. The summed E-state index contributed by atoms with van der Waals surface area (Å²) in [5.74, 6) is 2.33. The molecule has 9 nitrogen and oxygen atoms in total. The lowest BCUT2D eigenvalue weighted by atomic mass is 10.0. The summed E-state index contributed by atoms with van der Waals surface area (Å²) in [7, 11) is 0. The minimum atomic E-state index is -0.1000. The molecule has 0 atom stereocenters. The van der Waals surface area contributed by atoms with Crippen LogP contribution in [0.25, 0.3) is 28.5 Å². The molecule has 2 aliphatic rings. The molecular weight excluding hydrogens is 572 g/mol. The van der Waals surface area contributed by atoms with Gasteiger partial charge in [-0.1, -0.05) is 60.1 Å². The fourth-order valence-corrected chi connectivity index (χ4v) is 6.05. The highest BCUT2D eigenvalue weighted by Gasteiger charge is 2.25. The van der Waals surface area contributed by atoms with Crippen molar-refractivity contribution in [3.05, 3.63) is 107 Å². The zero-order chi connectivity index (χ0) is 29.9. The number of carbonyl (C=O) groups is 1. The van der Waals surface area contributed by atoms with Crippen LogP contribution >= 0.6 is 11.6 Å². The largest absolute Gasteiger partial charge is 0.338 e. The molecule has 4 heterocycles. The van der Waals surface area contributed by atoms with Crippen molar-refractivity contribution in [2.75, 3.05) is 25.0 Å². The molecule has 0 spiro atoms. The number of piperidine rings is 1. The van der Waals surface area contributed by atoms with Gasteiger partial charge in [-0.15, -0.1) is 10.2 Å². The lowest BCUT2D eigenvalue weighted by Crippen LogP contribution is -2.48. The first-order chi connectivity index (χ1) is 21.6. The first kappa shape index (κ1) is 28.1. The Balaban J connectivity index is 0.955. The Morgan fingerprint density at radius 3 is 2.45 bits per heavy atom. The van der Waals surface area contributed by atoms with E-state index >= 15 is 0 Å². The number of fused-ring (bicyclic) bond motifs is 5. The number of aromatic nitrogens is 4. The Labute approximate surface area is 261 Å². The predicted octanol–water partition coefficient (Wildman–Crippen LogP) is 6.21. The van der Waals surface area contributed by atoms with Gasteiger partial charge >= 0.3 is 6.03 Å². The van der Waals surface area contributed by atoms with Crippen molar-refractivity contribution >= 4 is 29.1 Å². The predicted molar refractivity (Wildman–Crippen MR) is 173 cm³/mol. The lowest BCUT2D eigenvalue weighted by Gasteiger charge is -2.32. The van der Waals surface area contributed by atoms with Crippen molar-refractivity contribution in [1.29, 1.82) is 0 Å². The standard InChI is InChI=1S/C34H33ClN8O/c35-26-13-9-23(10-14-26)15-19-37-34(44)38-27-16-20-42(21-17-27)22-24-7-11-25(12-8-24)32-40-41-33-28-4-1-2-5-29(28)39-31-30(43(32)33)6-3-18-36-31/h1-14,18,27H,15-17,19-22H2,(H,36,39)(H2,37,38,44). The number of pyridine rings is 1. The molecule has 10 heteroatoms. The second-order valence-corrected chi connectivity index (χ2v) is 11.7. The van der Waals surface area contributed by atoms with Gasteiger partial charge in [0.15, 0.2) is 17.5 Å². The molecule has 3 aromatic carbocycles. The van der Waals surface area contributed by atoms with E-state index in [1.807, 2.05) is 54.6 Å². The quantitative estimate of drug-likeness (QED) is 0.200. The summed E-state index contributed by atoms with van der Waals surface area (Å²) < 4.78 is 2.09. The van der Waals surface area contributed by atoms with E-state index in [0.29, 0.717) is 6.54 Å². The maximum Gasteiger partial charge on any atom is 0.315 e. The van der Waals surface area contributed by atoms with Crippen LogP contribution in [0.1, 0.15) is 24.0 Å². The van der Waals surface area contributed by atoms with Crippen LogP contribution in [0, 0.1) is 0 Å². The Hall–Kier alpha value is -4.73. The first-order valence-electron chi connectivity index (χ1n) is 15.0. The molecule has 5 aromatic rings. The maximum atomic E-state index is 12.4. The number of hydrogen-bond donors (Lipinski definition) is 3. The normalized spacial score (nSPS) is 14.5. The third-order valence-corrected chi connectivity index (χ3v) is 8.52. The van der Waals surface area contributed by atoms with E-state index in [4.69, 9.17) is 11.6 Å². The molecule has 44 heavy (non-hydrogen) atoms. The van der Waals surface area contributed by atoms with Gasteiger partial charge in [0.25, 0.3) is 0 Å². The number of hydrogen-bond acceptors (Lipinski definition) is 6. The van der Waals surface area contributed by atoms with E-state index in [1.165, 1.54) is 5.56 Å². The summed E-state index contributed by atoms with van der Waals surface area (Å²) in [5.41, 5.74) is 6.23. The van der Waals surface area contributed by atoms with Gasteiger partial charge in [-0.3, -0.25) is 9.47 Å². The zero-order valence-electron chi connectivity index (χ0n) is 24.2. The van der Waals surface area contributed by atoms with Gasteiger partial charge < -0.3 is 16.0 Å². The van der Waals surface area contributed by atoms with Gasteiger partial charge in [0, 0.05) is 54.6 Å². The van der Waals surface area contributed by atoms with Gasteiger partial charge in [0.05, 0.1) is 11.4 Å². The molecule has 1 saturated heterocycles. The van der Waals surface area contributed by atoms with Crippen LogP contribution in [-0.4, -0.2) is 56.4 Å². The highest BCUT2D eigenvalue weighted by molar-refractivity contribution is 6.30. The monoisotopic (exact) mass is 604 g/mol. The number of para-hydroxylation sites is 1. The maximum absolute atomic E-state index is 12.4. The third-order valence-electron chi connectivity index (χ3n) is 8.27. The van der Waals surface area contributed by atoms with Crippen molar-refractivity contribution in [3.63, 3.8) is 0 Å². The first-order valence-corrected chi connectivity index (χ1v) is 15.4. The number of likely N-dealkylation sites (tertiary alicyclic amines) is 1. The molecule has 2 aromatic heterocycles. The van der Waals surface area contributed by atoms with E-state index < -0.39 is 0 Å². The van der Waals surface area contributed by atoms with Crippen LogP contribution in [0.3, 0.4) is 0 Å². The van der Waals surface area contributed by atoms with E-state index in [2.05, 4.69) is 70.9 Å². The van der Waals surface area contributed by atoms with Crippen LogP contribution in [-0.2, 0) is 13.0 Å². The number of urea groups is 1. The second kappa shape index (κ2) is 12.5. The van der Waals surface area contributed by atoms with Gasteiger partial charge in [0.2, 0.25) is 0 Å². The van der Waals surface area contributed by atoms with Crippen molar-refractivity contribution in [2.45, 2.75) is 31.8 Å². The number of benzene rings is 3. The van der Waals surface area contributed by atoms with Gasteiger partial charge in [-0.2, -0.15) is 0 Å². The molecule has 0 bridgehead atoms. The Kier molecular flexibility index (Phi) is 7.96. The molecule has 7 rings (SSSR count). The number of nitrogens with one attached hydrogen (secondary N) is 3. The highest BCUT2D eigenvalue weighted by Crippen LogP contribution is 2.39. The minimum absolute atomic E-state index is 0.1000. The van der Waals surface area contributed by atoms with Crippen LogP contribution in [0.15, 0.2) is 91.1 Å². The number of rotatable bonds is 7. The number of anilines is 2. The van der Waals surface area contributed by atoms with Gasteiger partial charge in [-0.25, -0.2) is 9.78 Å². The van der Waals surface area contributed by atoms with E-state index in [0.717, 1.165) is 89.5 Å². The Bertz CT molecular complexity index is 1760. The van der Waals surface area contributed by atoms with Crippen molar-refractivity contribution < 1.29 is 4.79 Å². The zero-order valence-corrected chi connectivity index (χ0v) is 25.0. The number of nitrogens with zero attached hydrogens (tertiary/aromatic N) is 5. The number of carbonyl (C=O) groups excluding carboxylic acids is 1. The molecule has 0 radical (unpaired) electrons. The minimum Gasteiger partial charge on any atom is -0.338 e. The molecule has 1 fully saturated rings. The highest BCUT2D eigenvalue weighted by atomic mass is 35.5. The smallest absolute Gasteiger partial charge is 0.315 e. The summed E-state index contributed by atoms with van der Waals surface area (Å²) in [6.07, 6.45) is 4.42. The average Bonchev–Trinajstić information content (AvgIpc) is 3.43. The number of halogens is 1. The lowest BCUT2D eigenvalue weighted by molar-refractivity contribution is 0.186. The molecule has 3 N–H and O–H groups in total. The fraction of sp³-hybridized carbons (Fsp3) is 0.235. The fourth-order valence-electron chi connectivity index (χ4n) is 5.92. The summed E-state index contributed by atoms with van der Waals surface area (Å²) in [4.78, 5) is 19.5. The van der Waals surface area contributed by atoms with Crippen molar-refractivity contribution in [2.24, 2.45) is 0 Å². The molecule has 0 unspecified atom stereocenters. The molecule has 2 aliphatic heterocycles. The van der Waals surface area contributed by atoms with Crippen molar-refractivity contribution in [3.8, 4) is 28.5 Å².